The monoisotopic (exact) mass is 675 g/mol. The summed E-state index contributed by atoms with van der Waals surface area (Å²) in [5.74, 6) is -0.316. The molecule has 1 aliphatic rings. The van der Waals surface area contributed by atoms with E-state index in [2.05, 4.69) is 5.32 Å². The van der Waals surface area contributed by atoms with Gasteiger partial charge in [0, 0.05) is 34.3 Å². The summed E-state index contributed by atoms with van der Waals surface area (Å²) < 4.78 is 40.2. The van der Waals surface area contributed by atoms with Crippen LogP contribution in [0.3, 0.4) is 0 Å². The fourth-order valence-corrected chi connectivity index (χ4v) is 7.43. The summed E-state index contributed by atoms with van der Waals surface area (Å²) in [5.41, 5.74) is 1.66. The molecule has 4 rings (SSSR count). The summed E-state index contributed by atoms with van der Waals surface area (Å²) >= 11 is 13.0. The van der Waals surface area contributed by atoms with Gasteiger partial charge in [0.2, 0.25) is 11.8 Å². The fourth-order valence-electron chi connectivity index (χ4n) is 5.48. The van der Waals surface area contributed by atoms with Crippen LogP contribution in [0.2, 0.25) is 10.0 Å². The third-order valence-corrected chi connectivity index (χ3v) is 10.5. The summed E-state index contributed by atoms with van der Waals surface area (Å²) in [5, 5.41) is 3.76. The Hall–Kier alpha value is -3.47. The molecule has 0 aliphatic heterocycles. The van der Waals surface area contributed by atoms with Crippen molar-refractivity contribution in [1.82, 2.24) is 10.2 Å². The molecule has 1 unspecified atom stereocenters. The van der Waals surface area contributed by atoms with Gasteiger partial charge in [-0.3, -0.25) is 13.9 Å². The third kappa shape index (κ3) is 8.04. The van der Waals surface area contributed by atoms with Crippen molar-refractivity contribution >= 4 is 50.7 Å². The minimum absolute atomic E-state index is 0.0295. The van der Waals surface area contributed by atoms with Gasteiger partial charge in [-0.25, -0.2) is 8.42 Å². The second-order valence-electron chi connectivity index (χ2n) is 11.0. The van der Waals surface area contributed by atoms with Crippen LogP contribution >= 0.6 is 23.2 Å². The van der Waals surface area contributed by atoms with Gasteiger partial charge in [0.15, 0.2) is 11.5 Å². The first kappa shape index (κ1) is 34.4. The van der Waals surface area contributed by atoms with E-state index in [9.17, 15) is 18.0 Å². The van der Waals surface area contributed by atoms with E-state index in [-0.39, 0.29) is 34.8 Å². The summed E-state index contributed by atoms with van der Waals surface area (Å²) in [7, 11) is -1.45. The average molecular weight is 677 g/mol. The summed E-state index contributed by atoms with van der Waals surface area (Å²) in [6, 6.07) is 15.2. The maximum atomic E-state index is 14.4. The zero-order chi connectivity index (χ0) is 32.7. The number of rotatable bonds is 13. The molecule has 1 saturated carbocycles. The van der Waals surface area contributed by atoms with Crippen molar-refractivity contribution in [2.45, 2.75) is 69.5 Å². The number of hydrogen-bond donors (Lipinski definition) is 1. The highest BCUT2D eigenvalue weighted by Gasteiger charge is 2.35. The number of hydrogen-bond acceptors (Lipinski definition) is 6. The molecule has 2 amide bonds. The normalized spacial score (nSPS) is 14.1. The Morgan fingerprint density at radius 1 is 0.956 bits per heavy atom. The van der Waals surface area contributed by atoms with E-state index in [1.54, 1.807) is 42.5 Å². The van der Waals surface area contributed by atoms with Gasteiger partial charge in [-0.1, -0.05) is 66.7 Å². The zero-order valence-corrected chi connectivity index (χ0v) is 28.2. The minimum Gasteiger partial charge on any atom is -0.493 e. The van der Waals surface area contributed by atoms with Gasteiger partial charge >= 0.3 is 0 Å². The molecule has 1 fully saturated rings. The molecular weight excluding hydrogens is 637 g/mol. The molecule has 1 atom stereocenters. The number of amides is 2. The quantitative estimate of drug-likeness (QED) is 0.225. The van der Waals surface area contributed by atoms with E-state index in [1.165, 1.54) is 37.3 Å². The van der Waals surface area contributed by atoms with Crippen LogP contribution in [0.25, 0.3) is 0 Å². The number of carbonyl (C=O) groups is 2. The average Bonchev–Trinajstić information content (AvgIpc) is 3.54. The van der Waals surface area contributed by atoms with Crippen molar-refractivity contribution in [2.75, 3.05) is 25.1 Å². The van der Waals surface area contributed by atoms with E-state index in [0.29, 0.717) is 27.8 Å². The van der Waals surface area contributed by atoms with E-state index in [4.69, 9.17) is 32.7 Å². The highest BCUT2D eigenvalue weighted by Crippen LogP contribution is 2.33. The molecule has 242 valence electrons. The van der Waals surface area contributed by atoms with Gasteiger partial charge in [-0.05, 0) is 62.6 Å². The van der Waals surface area contributed by atoms with E-state index in [1.807, 2.05) is 13.8 Å². The number of methoxy groups -OCH3 is 2. The molecule has 45 heavy (non-hydrogen) atoms. The number of carbonyl (C=O) groups excluding carboxylic acids is 2. The lowest BCUT2D eigenvalue weighted by Gasteiger charge is -2.34. The van der Waals surface area contributed by atoms with Gasteiger partial charge in [-0.2, -0.15) is 0 Å². The number of anilines is 1. The second kappa shape index (κ2) is 15.2. The molecule has 0 radical (unpaired) electrons. The molecule has 12 heteroatoms. The Balaban J connectivity index is 1.77. The Morgan fingerprint density at radius 3 is 2.16 bits per heavy atom. The van der Waals surface area contributed by atoms with Crippen molar-refractivity contribution in [3.8, 4) is 11.5 Å². The van der Waals surface area contributed by atoms with Crippen LogP contribution in [0.15, 0.2) is 65.6 Å². The van der Waals surface area contributed by atoms with E-state index in [0.717, 1.165) is 35.6 Å². The molecule has 1 aliphatic carbocycles. The highest BCUT2D eigenvalue weighted by molar-refractivity contribution is 7.92. The molecule has 9 nitrogen and oxygen atoms in total. The molecular formula is C33H39Cl2N3O6S. The molecule has 0 bridgehead atoms. The number of benzene rings is 3. The van der Waals surface area contributed by atoms with Crippen molar-refractivity contribution in [3.63, 3.8) is 0 Å². The lowest BCUT2D eigenvalue weighted by atomic mass is 10.1. The van der Waals surface area contributed by atoms with Crippen LogP contribution in [-0.4, -0.2) is 58.0 Å². The molecule has 0 saturated heterocycles. The van der Waals surface area contributed by atoms with Crippen LogP contribution < -0.4 is 19.1 Å². The van der Waals surface area contributed by atoms with Crippen molar-refractivity contribution in [2.24, 2.45) is 0 Å². The van der Waals surface area contributed by atoms with Crippen molar-refractivity contribution in [3.05, 3.63) is 81.8 Å². The molecule has 1 N–H and O–H groups in total. The van der Waals surface area contributed by atoms with Crippen LogP contribution in [0.1, 0.15) is 50.2 Å². The Bertz CT molecular complexity index is 1590. The first-order valence-corrected chi connectivity index (χ1v) is 17.0. The Morgan fingerprint density at radius 2 is 1.58 bits per heavy atom. The summed E-state index contributed by atoms with van der Waals surface area (Å²) in [6.45, 7) is 3.01. The summed E-state index contributed by atoms with van der Waals surface area (Å²) in [6.07, 6.45) is 4.09. The molecule has 3 aromatic rings. The maximum absolute atomic E-state index is 14.4. The molecule has 3 aromatic carbocycles. The lowest BCUT2D eigenvalue weighted by molar-refractivity contribution is -0.140. The minimum atomic E-state index is -4.32. The van der Waals surface area contributed by atoms with Crippen LogP contribution in [-0.2, 0) is 26.2 Å². The van der Waals surface area contributed by atoms with Crippen LogP contribution in [0.4, 0.5) is 5.69 Å². The van der Waals surface area contributed by atoms with Gasteiger partial charge in [0.1, 0.15) is 12.6 Å². The van der Waals surface area contributed by atoms with Crippen molar-refractivity contribution < 1.29 is 27.5 Å². The third-order valence-electron chi connectivity index (χ3n) is 8.02. The smallest absolute Gasteiger partial charge is 0.264 e. The van der Waals surface area contributed by atoms with E-state index < -0.39 is 28.5 Å². The SMILES string of the molecule is CCC(C(=O)NC1CCCC1)N(Cc1c(Cl)cccc1Cl)C(=O)CN(c1ccc(C)cc1)S(=O)(=O)c1ccc(OC)c(OC)c1. The van der Waals surface area contributed by atoms with Gasteiger partial charge < -0.3 is 19.7 Å². The largest absolute Gasteiger partial charge is 0.493 e. The maximum Gasteiger partial charge on any atom is 0.264 e. The van der Waals surface area contributed by atoms with Gasteiger partial charge in [0.05, 0.1) is 24.8 Å². The highest BCUT2D eigenvalue weighted by atomic mass is 35.5. The number of ether oxygens (including phenoxy) is 2. The number of nitrogens with zero attached hydrogens (tertiary/aromatic N) is 2. The number of nitrogens with one attached hydrogen (secondary N) is 1. The zero-order valence-electron chi connectivity index (χ0n) is 25.9. The lowest BCUT2D eigenvalue weighted by Crippen LogP contribution is -2.53. The molecule has 0 spiro atoms. The first-order valence-electron chi connectivity index (χ1n) is 14.8. The molecule has 0 heterocycles. The fraction of sp³-hybridized carbons (Fsp3) is 0.394. The van der Waals surface area contributed by atoms with E-state index >= 15 is 0 Å². The number of halogens is 2. The second-order valence-corrected chi connectivity index (χ2v) is 13.7. The number of aryl methyl sites for hydroxylation is 1. The standard InChI is InChI=1S/C33H39Cl2N3O6S/c1-5-29(33(40)36-23-9-6-7-10-23)37(20-26-27(34)11-8-12-28(26)35)32(39)21-38(24-15-13-22(2)14-16-24)45(41,42)25-17-18-30(43-3)31(19-25)44-4/h8,11-19,23,29H,5-7,9-10,20-21H2,1-4H3,(H,36,40). The van der Waals surface area contributed by atoms with Gasteiger partial charge in [-0.15, -0.1) is 0 Å². The Kier molecular flexibility index (Phi) is 11.6. The first-order chi connectivity index (χ1) is 21.5. The Labute approximate surface area is 275 Å². The van der Waals surface area contributed by atoms with Gasteiger partial charge in [0.25, 0.3) is 10.0 Å². The predicted octanol–water partition coefficient (Wildman–Crippen LogP) is 6.38. The topological polar surface area (TPSA) is 105 Å². The summed E-state index contributed by atoms with van der Waals surface area (Å²) in [4.78, 5) is 29.3. The molecule has 0 aromatic heterocycles. The van der Waals surface area contributed by atoms with Crippen LogP contribution in [0, 0.1) is 6.92 Å². The predicted molar refractivity (Wildman–Crippen MR) is 177 cm³/mol. The van der Waals surface area contributed by atoms with Crippen molar-refractivity contribution in [1.29, 1.82) is 0 Å². The van der Waals surface area contributed by atoms with Crippen LogP contribution in [0.5, 0.6) is 11.5 Å². The number of sulfonamides is 1.